The highest BCUT2D eigenvalue weighted by Crippen LogP contribution is 2.35. The molecular weight excluding hydrogens is 408 g/mol. The number of cyclic esters (lactones) is 2. The van der Waals surface area contributed by atoms with Gasteiger partial charge in [0.25, 0.3) is 0 Å². The zero-order valence-corrected chi connectivity index (χ0v) is 23.0. The second-order valence-electron chi connectivity index (χ2n) is 11.3. The maximum absolute atomic E-state index is 11.8. The van der Waals surface area contributed by atoms with Crippen molar-refractivity contribution in [1.29, 1.82) is 0 Å². The Kier molecular flexibility index (Phi) is 11.7. The molecule has 31 heavy (non-hydrogen) atoms. The van der Waals surface area contributed by atoms with Crippen LogP contribution in [0, 0.1) is 17.3 Å². The Morgan fingerprint density at radius 1 is 1.10 bits per heavy atom. The van der Waals surface area contributed by atoms with Crippen LogP contribution in [0.25, 0.3) is 0 Å². The van der Waals surface area contributed by atoms with Crippen molar-refractivity contribution in [3.63, 3.8) is 0 Å². The molecule has 2 fully saturated rings. The van der Waals surface area contributed by atoms with Gasteiger partial charge in [0.15, 0.2) is 0 Å². The first-order valence-electron chi connectivity index (χ1n) is 12.0. The highest BCUT2D eigenvalue weighted by atomic mass is 28.3. The average molecular weight is 457 g/mol. The predicted molar refractivity (Wildman–Crippen MR) is 130 cm³/mol. The monoisotopic (exact) mass is 456 g/mol. The number of carbonyl (C=O) groups excluding carboxylic acids is 3. The van der Waals surface area contributed by atoms with Crippen LogP contribution in [0.5, 0.6) is 0 Å². The molecule has 1 aliphatic heterocycles. The summed E-state index contributed by atoms with van der Waals surface area (Å²) in [7, 11) is -0.761. The van der Waals surface area contributed by atoms with Gasteiger partial charge in [-0.15, -0.1) is 0 Å². The molecule has 3 atom stereocenters. The Labute approximate surface area is 192 Å². The van der Waals surface area contributed by atoms with Crippen LogP contribution in [0.2, 0.25) is 25.2 Å². The molecule has 3 unspecified atom stereocenters. The molecule has 0 aromatic heterocycles. The van der Waals surface area contributed by atoms with Gasteiger partial charge < -0.3 is 9.47 Å². The van der Waals surface area contributed by atoms with E-state index in [0.717, 1.165) is 24.8 Å². The summed E-state index contributed by atoms with van der Waals surface area (Å²) >= 11 is 0. The predicted octanol–water partition coefficient (Wildman–Crippen LogP) is 6.77. The third-order valence-electron chi connectivity index (χ3n) is 7.22. The summed E-state index contributed by atoms with van der Waals surface area (Å²) in [4.78, 5) is 32.9. The van der Waals surface area contributed by atoms with Crippen molar-refractivity contribution in [2.75, 3.05) is 0 Å². The van der Waals surface area contributed by atoms with Crippen molar-refractivity contribution in [3.8, 4) is 0 Å². The van der Waals surface area contributed by atoms with Gasteiger partial charge in [0.05, 0.1) is 17.3 Å². The SMILES string of the molecule is CC1C(=O)OC(=O)C1C.CCC(C)(C)C(=O)OC1(C)CCCC1.CCC(C)[Si](C)(C)C. The van der Waals surface area contributed by atoms with Gasteiger partial charge >= 0.3 is 17.9 Å². The van der Waals surface area contributed by atoms with Gasteiger partial charge in [-0.05, 0) is 58.4 Å². The van der Waals surface area contributed by atoms with Crippen LogP contribution < -0.4 is 0 Å². The van der Waals surface area contributed by atoms with E-state index >= 15 is 0 Å². The summed E-state index contributed by atoms with van der Waals surface area (Å²) in [5.41, 5.74) is 0.484. The molecule has 0 aromatic rings. The first-order valence-corrected chi connectivity index (χ1v) is 15.6. The van der Waals surface area contributed by atoms with Gasteiger partial charge in [0, 0.05) is 8.07 Å². The lowest BCUT2D eigenvalue weighted by atomic mass is 9.90. The number of carbonyl (C=O) groups is 3. The van der Waals surface area contributed by atoms with Crippen molar-refractivity contribution >= 4 is 26.0 Å². The first kappa shape index (κ1) is 29.8. The van der Waals surface area contributed by atoms with Gasteiger partial charge in [-0.1, -0.05) is 60.7 Å². The summed E-state index contributed by atoms with van der Waals surface area (Å²) in [6.45, 7) is 23.3. The minimum absolute atomic E-state index is 0.0376. The van der Waals surface area contributed by atoms with Crippen molar-refractivity contribution in [2.24, 2.45) is 17.3 Å². The second-order valence-corrected chi connectivity index (χ2v) is 17.0. The first-order chi connectivity index (χ1) is 14.0. The molecule has 0 spiro atoms. The lowest BCUT2D eigenvalue weighted by molar-refractivity contribution is -0.168. The minimum Gasteiger partial charge on any atom is -0.459 e. The number of ether oxygens (including phenoxy) is 2. The van der Waals surface area contributed by atoms with E-state index in [1.807, 2.05) is 20.8 Å². The maximum Gasteiger partial charge on any atom is 0.317 e. The van der Waals surface area contributed by atoms with Gasteiger partial charge in [-0.25, -0.2) is 0 Å². The van der Waals surface area contributed by atoms with Crippen molar-refractivity contribution in [3.05, 3.63) is 0 Å². The molecular formula is C25H48O5Si. The fraction of sp³-hybridized carbons (Fsp3) is 0.880. The molecule has 1 saturated heterocycles. The third-order valence-corrected chi connectivity index (χ3v) is 10.6. The van der Waals surface area contributed by atoms with E-state index in [-0.39, 0.29) is 28.8 Å². The summed E-state index contributed by atoms with van der Waals surface area (Å²) in [6.07, 6.45) is 6.63. The smallest absolute Gasteiger partial charge is 0.317 e. The molecule has 5 nitrogen and oxygen atoms in total. The Hall–Kier alpha value is -1.17. The summed E-state index contributed by atoms with van der Waals surface area (Å²) in [6, 6.07) is 0. The van der Waals surface area contributed by atoms with Crippen LogP contribution in [-0.2, 0) is 23.9 Å². The minimum atomic E-state index is -0.761. The molecule has 0 bridgehead atoms. The third kappa shape index (κ3) is 9.88. The molecule has 2 rings (SSSR count). The van der Waals surface area contributed by atoms with E-state index in [1.54, 1.807) is 13.8 Å². The van der Waals surface area contributed by atoms with E-state index in [0.29, 0.717) is 0 Å². The van der Waals surface area contributed by atoms with E-state index in [4.69, 9.17) is 4.74 Å². The number of hydrogen-bond donors (Lipinski definition) is 0. The van der Waals surface area contributed by atoms with Crippen molar-refractivity contribution in [1.82, 2.24) is 0 Å². The van der Waals surface area contributed by atoms with E-state index in [9.17, 15) is 14.4 Å². The molecule has 0 aromatic carbocycles. The quantitative estimate of drug-likeness (QED) is 0.259. The maximum atomic E-state index is 11.8. The number of rotatable bonds is 5. The molecule has 0 radical (unpaired) electrons. The number of esters is 3. The van der Waals surface area contributed by atoms with Gasteiger partial charge in [0.1, 0.15) is 5.60 Å². The van der Waals surface area contributed by atoms with Gasteiger partial charge in [-0.2, -0.15) is 0 Å². The van der Waals surface area contributed by atoms with E-state index < -0.39 is 20.0 Å². The fourth-order valence-corrected chi connectivity index (χ4v) is 4.26. The molecule has 182 valence electrons. The zero-order valence-electron chi connectivity index (χ0n) is 22.0. The Morgan fingerprint density at radius 3 is 1.74 bits per heavy atom. The van der Waals surface area contributed by atoms with Gasteiger partial charge in [-0.3, -0.25) is 14.4 Å². The molecule has 6 heteroatoms. The standard InChI is InChI=1S/C12H22O2.C7H18Si.C6H8O3/c1-5-11(2,3)10(13)14-12(4)8-6-7-9-12;1-6-7(2)8(3,4)5;1-3-4(2)6(8)9-5(3)7/h5-9H2,1-4H3;7H,6H2,1-5H3;3-4H,1-2H3. The van der Waals surface area contributed by atoms with Crippen molar-refractivity contribution in [2.45, 2.75) is 125 Å². The average Bonchev–Trinajstić information content (AvgIpc) is 3.20. The Bertz CT molecular complexity index is 582. The largest absolute Gasteiger partial charge is 0.459 e. The molecule has 0 N–H and O–H groups in total. The normalized spacial score (nSPS) is 23.7. The lowest BCUT2D eigenvalue weighted by Gasteiger charge is -2.29. The summed E-state index contributed by atoms with van der Waals surface area (Å²) < 4.78 is 9.92. The Balaban J connectivity index is 0.000000461. The summed E-state index contributed by atoms with van der Waals surface area (Å²) in [5, 5.41) is 0. The Morgan fingerprint density at radius 2 is 1.52 bits per heavy atom. The molecule has 1 heterocycles. The van der Waals surface area contributed by atoms with Crippen LogP contribution in [0.15, 0.2) is 0 Å². The van der Waals surface area contributed by atoms with Crippen molar-refractivity contribution < 1.29 is 23.9 Å². The van der Waals surface area contributed by atoms with Crippen LogP contribution in [0.3, 0.4) is 0 Å². The molecule has 2 aliphatic rings. The topological polar surface area (TPSA) is 69.7 Å². The zero-order chi connectivity index (χ0) is 24.6. The highest BCUT2D eigenvalue weighted by molar-refractivity contribution is 6.77. The molecule has 1 aliphatic carbocycles. The highest BCUT2D eigenvalue weighted by Gasteiger charge is 2.38. The van der Waals surface area contributed by atoms with Crippen LogP contribution in [0.1, 0.15) is 93.9 Å². The molecule has 0 amide bonds. The lowest BCUT2D eigenvalue weighted by Crippen LogP contribution is -2.35. The van der Waals surface area contributed by atoms with E-state index in [1.165, 1.54) is 19.3 Å². The van der Waals surface area contributed by atoms with E-state index in [2.05, 4.69) is 45.1 Å². The van der Waals surface area contributed by atoms with Gasteiger partial charge in [0.2, 0.25) is 0 Å². The summed E-state index contributed by atoms with van der Waals surface area (Å²) in [5.74, 6) is -1.33. The number of hydrogen-bond acceptors (Lipinski definition) is 5. The van der Waals surface area contributed by atoms with Crippen LogP contribution in [0.4, 0.5) is 0 Å². The fourth-order valence-electron chi connectivity index (χ4n) is 3.04. The second kappa shape index (κ2) is 12.2. The van der Waals surface area contributed by atoms with Crippen LogP contribution >= 0.6 is 0 Å². The van der Waals surface area contributed by atoms with Crippen LogP contribution in [-0.4, -0.2) is 31.6 Å². The molecule has 1 saturated carbocycles.